The number of hydrogen-bond acceptors (Lipinski definition) is 4. The molecule has 0 amide bonds. The first-order chi connectivity index (χ1) is 6.74. The first kappa shape index (κ1) is 12.0. The first-order valence-electron chi connectivity index (χ1n) is 4.88. The number of nitrogens with one attached hydrogen (secondary N) is 1. The molecule has 2 unspecified atom stereocenters. The molecule has 5 nitrogen and oxygen atoms in total. The Morgan fingerprint density at radius 3 is 2.27 bits per heavy atom. The average molecular weight is 215 g/mol. The Hall–Kier alpha value is -1.10. The number of aliphatic carboxylic acids is 1. The summed E-state index contributed by atoms with van der Waals surface area (Å²) < 4.78 is 5.10. The maximum absolute atomic E-state index is 11.7. The Kier molecular flexibility index (Phi) is 2.78. The van der Waals surface area contributed by atoms with Crippen LogP contribution in [0.25, 0.3) is 0 Å². The number of ether oxygens (including phenoxy) is 1. The van der Waals surface area contributed by atoms with Gasteiger partial charge in [-0.05, 0) is 34.2 Å². The lowest BCUT2D eigenvalue weighted by Crippen LogP contribution is -2.38. The molecule has 1 aliphatic carbocycles. The highest BCUT2D eigenvalue weighted by Gasteiger charge is 2.67. The largest absolute Gasteiger partial charge is 0.480 e. The normalized spacial score (nSPS) is 29.7. The molecule has 0 spiro atoms. The molecule has 5 heteroatoms. The maximum atomic E-state index is 11.7. The van der Waals surface area contributed by atoms with Gasteiger partial charge in [-0.2, -0.15) is 0 Å². The Bertz CT molecular complexity index is 294. The molecule has 0 saturated heterocycles. The molecular formula is C10H17NO4. The van der Waals surface area contributed by atoms with Crippen molar-refractivity contribution in [1.82, 2.24) is 5.32 Å². The van der Waals surface area contributed by atoms with Crippen molar-refractivity contribution in [2.24, 2.45) is 5.41 Å². The van der Waals surface area contributed by atoms with Gasteiger partial charge < -0.3 is 15.2 Å². The summed E-state index contributed by atoms with van der Waals surface area (Å²) in [5, 5.41) is 11.8. The van der Waals surface area contributed by atoms with E-state index in [0.29, 0.717) is 6.42 Å². The molecular weight excluding hydrogens is 198 g/mol. The highest BCUT2D eigenvalue weighted by atomic mass is 16.6. The second-order valence-corrected chi connectivity index (χ2v) is 4.82. The highest BCUT2D eigenvalue weighted by molar-refractivity contribution is 6.04. The summed E-state index contributed by atoms with van der Waals surface area (Å²) in [4.78, 5) is 22.7. The summed E-state index contributed by atoms with van der Waals surface area (Å²) in [5.41, 5.74) is -2.03. The summed E-state index contributed by atoms with van der Waals surface area (Å²) in [6, 6.07) is -0.315. The number of carbonyl (C=O) groups is 2. The summed E-state index contributed by atoms with van der Waals surface area (Å²) in [6.45, 7) is 5.16. The van der Waals surface area contributed by atoms with Crippen LogP contribution in [0.5, 0.6) is 0 Å². The van der Waals surface area contributed by atoms with Gasteiger partial charge in [-0.1, -0.05) is 0 Å². The van der Waals surface area contributed by atoms with Crippen LogP contribution in [-0.2, 0) is 14.3 Å². The van der Waals surface area contributed by atoms with Gasteiger partial charge in [0.15, 0.2) is 5.41 Å². The van der Waals surface area contributed by atoms with E-state index in [-0.39, 0.29) is 6.04 Å². The second kappa shape index (κ2) is 3.48. The van der Waals surface area contributed by atoms with Gasteiger partial charge in [0.05, 0.1) is 0 Å². The fourth-order valence-electron chi connectivity index (χ4n) is 1.53. The third kappa shape index (κ3) is 2.12. The van der Waals surface area contributed by atoms with E-state index < -0.39 is 23.0 Å². The number of carbonyl (C=O) groups excluding carboxylic acids is 1. The van der Waals surface area contributed by atoms with Crippen molar-refractivity contribution in [3.8, 4) is 0 Å². The third-order valence-corrected chi connectivity index (χ3v) is 2.45. The van der Waals surface area contributed by atoms with Crippen LogP contribution in [-0.4, -0.2) is 35.7 Å². The molecule has 86 valence electrons. The van der Waals surface area contributed by atoms with Crippen molar-refractivity contribution in [2.45, 2.75) is 38.8 Å². The quantitative estimate of drug-likeness (QED) is 0.526. The van der Waals surface area contributed by atoms with E-state index in [1.807, 2.05) is 0 Å². The molecule has 1 fully saturated rings. The highest BCUT2D eigenvalue weighted by Crippen LogP contribution is 2.47. The maximum Gasteiger partial charge on any atom is 0.325 e. The van der Waals surface area contributed by atoms with Crippen LogP contribution in [0, 0.1) is 5.41 Å². The van der Waals surface area contributed by atoms with Gasteiger partial charge in [-0.3, -0.25) is 9.59 Å². The van der Waals surface area contributed by atoms with Crippen LogP contribution in [0.4, 0.5) is 0 Å². The Morgan fingerprint density at radius 1 is 1.47 bits per heavy atom. The van der Waals surface area contributed by atoms with Crippen LogP contribution in [0.3, 0.4) is 0 Å². The zero-order chi connectivity index (χ0) is 11.9. The zero-order valence-corrected chi connectivity index (χ0v) is 9.46. The van der Waals surface area contributed by atoms with Gasteiger partial charge in [0.1, 0.15) is 5.60 Å². The van der Waals surface area contributed by atoms with E-state index in [1.165, 1.54) is 0 Å². The molecule has 0 aromatic rings. The monoisotopic (exact) mass is 215 g/mol. The van der Waals surface area contributed by atoms with Crippen molar-refractivity contribution < 1.29 is 19.4 Å². The lowest BCUT2D eigenvalue weighted by atomic mass is 10.1. The summed E-state index contributed by atoms with van der Waals surface area (Å²) in [6.07, 6.45) is 0.299. The standard InChI is InChI=1S/C10H17NO4/c1-9(2,3)15-8(14)10(7(12)13)5-6(10)11-4/h6,11H,5H2,1-4H3,(H,12,13). The number of rotatable bonds is 3. The Labute approximate surface area is 88.8 Å². The third-order valence-electron chi connectivity index (χ3n) is 2.45. The molecule has 2 N–H and O–H groups in total. The van der Waals surface area contributed by atoms with Crippen LogP contribution in [0.1, 0.15) is 27.2 Å². The van der Waals surface area contributed by atoms with E-state index in [2.05, 4.69) is 5.32 Å². The summed E-state index contributed by atoms with van der Waals surface area (Å²) in [7, 11) is 1.64. The molecule has 0 aromatic heterocycles. The predicted octanol–water partition coefficient (Wildman–Crippen LogP) is 0.391. The molecule has 0 heterocycles. The van der Waals surface area contributed by atoms with Gasteiger partial charge in [-0.15, -0.1) is 0 Å². The van der Waals surface area contributed by atoms with Gasteiger partial charge in [0.25, 0.3) is 0 Å². The summed E-state index contributed by atoms with van der Waals surface area (Å²) in [5.74, 6) is -1.77. The molecule has 1 aliphatic rings. The van der Waals surface area contributed by atoms with Crippen LogP contribution < -0.4 is 5.32 Å². The van der Waals surface area contributed by atoms with Crippen molar-refractivity contribution in [3.63, 3.8) is 0 Å². The van der Waals surface area contributed by atoms with Crippen molar-refractivity contribution >= 4 is 11.9 Å². The lowest BCUT2D eigenvalue weighted by molar-refractivity contribution is -0.169. The fraction of sp³-hybridized carbons (Fsp3) is 0.800. The molecule has 1 saturated carbocycles. The first-order valence-corrected chi connectivity index (χ1v) is 4.88. The van der Waals surface area contributed by atoms with Gasteiger partial charge in [0.2, 0.25) is 0 Å². The van der Waals surface area contributed by atoms with Crippen LogP contribution in [0.2, 0.25) is 0 Å². The minimum atomic E-state index is -1.37. The number of esters is 1. The topological polar surface area (TPSA) is 75.6 Å². The van der Waals surface area contributed by atoms with E-state index in [0.717, 1.165) is 0 Å². The van der Waals surface area contributed by atoms with Crippen molar-refractivity contribution in [2.75, 3.05) is 7.05 Å². The molecule has 2 atom stereocenters. The summed E-state index contributed by atoms with van der Waals surface area (Å²) >= 11 is 0. The smallest absolute Gasteiger partial charge is 0.325 e. The van der Waals surface area contributed by atoms with Gasteiger partial charge in [-0.25, -0.2) is 0 Å². The minimum Gasteiger partial charge on any atom is -0.480 e. The fourth-order valence-corrected chi connectivity index (χ4v) is 1.53. The Morgan fingerprint density at radius 2 is 2.00 bits per heavy atom. The molecule has 0 aliphatic heterocycles. The average Bonchev–Trinajstić information content (AvgIpc) is 2.75. The van der Waals surface area contributed by atoms with E-state index in [9.17, 15) is 9.59 Å². The van der Waals surface area contributed by atoms with Crippen LogP contribution in [0.15, 0.2) is 0 Å². The molecule has 1 rings (SSSR count). The number of carboxylic acids is 1. The predicted molar refractivity (Wildman–Crippen MR) is 53.4 cm³/mol. The van der Waals surface area contributed by atoms with Gasteiger partial charge in [0, 0.05) is 6.04 Å². The van der Waals surface area contributed by atoms with E-state index >= 15 is 0 Å². The van der Waals surface area contributed by atoms with Crippen molar-refractivity contribution in [1.29, 1.82) is 0 Å². The lowest BCUT2D eigenvalue weighted by Gasteiger charge is -2.22. The van der Waals surface area contributed by atoms with Crippen LogP contribution >= 0.6 is 0 Å². The van der Waals surface area contributed by atoms with Gasteiger partial charge >= 0.3 is 11.9 Å². The molecule has 0 bridgehead atoms. The molecule has 0 radical (unpaired) electrons. The number of carboxylic acid groups (broad SMARTS) is 1. The van der Waals surface area contributed by atoms with E-state index in [4.69, 9.17) is 9.84 Å². The minimum absolute atomic E-state index is 0.299. The SMILES string of the molecule is CNC1CC1(C(=O)O)C(=O)OC(C)(C)C. The van der Waals surface area contributed by atoms with Crippen molar-refractivity contribution in [3.05, 3.63) is 0 Å². The van der Waals surface area contributed by atoms with E-state index in [1.54, 1.807) is 27.8 Å². The zero-order valence-electron chi connectivity index (χ0n) is 9.46. The number of hydrogen-bond donors (Lipinski definition) is 2. The second-order valence-electron chi connectivity index (χ2n) is 4.82. The molecule has 0 aromatic carbocycles. The molecule has 15 heavy (non-hydrogen) atoms. The Balaban J connectivity index is 2.77.